The number of anilines is 1. The lowest BCUT2D eigenvalue weighted by Gasteiger charge is -2.09. The minimum Gasteiger partial charge on any atom is -0.495 e. The van der Waals surface area contributed by atoms with E-state index in [4.69, 9.17) is 16.3 Å². The van der Waals surface area contributed by atoms with Crippen LogP contribution in [-0.4, -0.2) is 31.2 Å². The number of hydrogen-bond acceptors (Lipinski definition) is 5. The van der Waals surface area contributed by atoms with Crippen LogP contribution in [0.5, 0.6) is 5.75 Å². The number of methoxy groups -OCH3 is 2. The van der Waals surface area contributed by atoms with Crippen molar-refractivity contribution >= 4 is 29.3 Å². The maximum atomic E-state index is 12.3. The van der Waals surface area contributed by atoms with Gasteiger partial charge in [-0.15, -0.1) is 0 Å². The fourth-order valence-electron chi connectivity index (χ4n) is 1.90. The number of halogens is 1. The molecule has 1 heterocycles. The van der Waals surface area contributed by atoms with E-state index >= 15 is 0 Å². The Morgan fingerprint density at radius 1 is 1.21 bits per heavy atom. The molecule has 0 aliphatic carbocycles. The molecule has 0 saturated carbocycles. The first kappa shape index (κ1) is 17.6. The Bertz CT molecular complexity index is 752. The van der Waals surface area contributed by atoms with E-state index in [1.54, 1.807) is 30.3 Å². The molecule has 0 spiro atoms. The molecule has 0 saturated heterocycles. The van der Waals surface area contributed by atoms with Crippen molar-refractivity contribution in [3.8, 4) is 5.75 Å². The van der Waals surface area contributed by atoms with Gasteiger partial charge in [0.2, 0.25) is 0 Å². The maximum Gasteiger partial charge on any atom is 0.407 e. The van der Waals surface area contributed by atoms with Gasteiger partial charge in [0.15, 0.2) is 0 Å². The highest BCUT2D eigenvalue weighted by molar-refractivity contribution is 6.32. The molecule has 2 aromatic rings. The Morgan fingerprint density at radius 2 is 2.00 bits per heavy atom. The average Bonchev–Trinajstić information content (AvgIpc) is 2.60. The molecule has 2 rings (SSSR count). The summed E-state index contributed by atoms with van der Waals surface area (Å²) in [5, 5.41) is 5.63. The van der Waals surface area contributed by atoms with Crippen LogP contribution in [0, 0.1) is 0 Å². The van der Waals surface area contributed by atoms with E-state index in [2.05, 4.69) is 20.4 Å². The van der Waals surface area contributed by atoms with Crippen molar-refractivity contribution < 1.29 is 19.1 Å². The molecule has 0 fully saturated rings. The number of hydrogen-bond donors (Lipinski definition) is 2. The fraction of sp³-hybridized carbons (Fsp3) is 0.188. The van der Waals surface area contributed by atoms with Gasteiger partial charge in [-0.1, -0.05) is 11.6 Å². The Balaban J connectivity index is 2.07. The van der Waals surface area contributed by atoms with Crippen LogP contribution in [0.4, 0.5) is 10.5 Å². The predicted molar refractivity (Wildman–Crippen MR) is 89.4 cm³/mol. The van der Waals surface area contributed by atoms with E-state index in [1.165, 1.54) is 20.4 Å². The van der Waals surface area contributed by atoms with Gasteiger partial charge < -0.3 is 20.1 Å². The zero-order valence-electron chi connectivity index (χ0n) is 13.1. The molecule has 24 heavy (non-hydrogen) atoms. The summed E-state index contributed by atoms with van der Waals surface area (Å²) < 4.78 is 9.54. The van der Waals surface area contributed by atoms with E-state index in [1.807, 2.05) is 0 Å². The number of nitrogens with zero attached hydrogens (tertiary/aromatic N) is 1. The van der Waals surface area contributed by atoms with Crippen LogP contribution in [0.2, 0.25) is 5.02 Å². The summed E-state index contributed by atoms with van der Waals surface area (Å²) >= 11 is 6.03. The third kappa shape index (κ3) is 4.60. The van der Waals surface area contributed by atoms with E-state index in [9.17, 15) is 9.59 Å². The number of aromatic nitrogens is 1. The largest absolute Gasteiger partial charge is 0.495 e. The summed E-state index contributed by atoms with van der Waals surface area (Å²) in [4.78, 5) is 27.5. The molecule has 0 bridgehead atoms. The SMILES string of the molecule is COC(=O)NCc1cc(C(=O)Nc2ccc(OC)c(Cl)c2)ccn1. The predicted octanol–water partition coefficient (Wildman–Crippen LogP) is 2.85. The van der Waals surface area contributed by atoms with Crippen LogP contribution in [0.3, 0.4) is 0 Å². The van der Waals surface area contributed by atoms with Crippen LogP contribution in [-0.2, 0) is 11.3 Å². The zero-order valence-corrected chi connectivity index (χ0v) is 13.9. The van der Waals surface area contributed by atoms with Gasteiger partial charge in [0.25, 0.3) is 5.91 Å². The van der Waals surface area contributed by atoms with Gasteiger partial charge in [-0.3, -0.25) is 9.78 Å². The first-order valence-corrected chi connectivity index (χ1v) is 7.33. The van der Waals surface area contributed by atoms with Crippen molar-refractivity contribution in [1.82, 2.24) is 10.3 Å². The number of carbonyl (C=O) groups excluding carboxylic acids is 2. The molecule has 126 valence electrons. The normalized spacial score (nSPS) is 9.96. The summed E-state index contributed by atoms with van der Waals surface area (Å²) in [6.45, 7) is 0.155. The number of benzene rings is 1. The second kappa shape index (κ2) is 8.16. The Hall–Kier alpha value is -2.80. The highest BCUT2D eigenvalue weighted by atomic mass is 35.5. The molecule has 7 nitrogen and oxygen atoms in total. The lowest BCUT2D eigenvalue weighted by atomic mass is 10.2. The van der Waals surface area contributed by atoms with Crippen LogP contribution in [0.25, 0.3) is 0 Å². The summed E-state index contributed by atoms with van der Waals surface area (Å²) in [6.07, 6.45) is 0.920. The summed E-state index contributed by atoms with van der Waals surface area (Å²) in [7, 11) is 2.78. The molecule has 1 aromatic heterocycles. The minimum atomic E-state index is -0.570. The van der Waals surface area contributed by atoms with Gasteiger partial charge in [-0.05, 0) is 30.3 Å². The van der Waals surface area contributed by atoms with E-state index < -0.39 is 6.09 Å². The molecule has 0 aliphatic heterocycles. The van der Waals surface area contributed by atoms with Crippen LogP contribution < -0.4 is 15.4 Å². The lowest BCUT2D eigenvalue weighted by Crippen LogP contribution is -2.23. The van der Waals surface area contributed by atoms with Gasteiger partial charge in [0.05, 0.1) is 31.5 Å². The second-order valence-electron chi connectivity index (χ2n) is 4.68. The van der Waals surface area contributed by atoms with Crippen molar-refractivity contribution in [2.24, 2.45) is 0 Å². The van der Waals surface area contributed by atoms with Crippen LogP contribution >= 0.6 is 11.6 Å². The van der Waals surface area contributed by atoms with Crippen molar-refractivity contribution in [2.75, 3.05) is 19.5 Å². The molecule has 1 aromatic carbocycles. The maximum absolute atomic E-state index is 12.3. The average molecular weight is 350 g/mol. The third-order valence-corrected chi connectivity index (χ3v) is 3.38. The molecular formula is C16H16ClN3O4. The molecule has 2 N–H and O–H groups in total. The van der Waals surface area contributed by atoms with E-state index in [0.29, 0.717) is 27.7 Å². The van der Waals surface area contributed by atoms with Gasteiger partial charge >= 0.3 is 6.09 Å². The quantitative estimate of drug-likeness (QED) is 0.866. The number of nitrogens with one attached hydrogen (secondary N) is 2. The zero-order chi connectivity index (χ0) is 17.5. The standard InChI is InChI=1S/C16H16ClN3O4/c1-23-14-4-3-11(8-13(14)17)20-15(21)10-5-6-18-12(7-10)9-19-16(22)24-2/h3-8H,9H2,1-2H3,(H,19,22)(H,20,21). The summed E-state index contributed by atoms with van der Waals surface area (Å²) in [5.41, 5.74) is 1.47. The van der Waals surface area contributed by atoms with Crippen molar-refractivity contribution in [1.29, 1.82) is 0 Å². The molecule has 0 radical (unpaired) electrons. The molecule has 0 unspecified atom stereocenters. The monoisotopic (exact) mass is 349 g/mol. The molecule has 2 amide bonds. The molecule has 8 heteroatoms. The molecule has 0 atom stereocenters. The van der Waals surface area contributed by atoms with Crippen LogP contribution in [0.1, 0.15) is 16.1 Å². The van der Waals surface area contributed by atoms with Gasteiger partial charge in [-0.25, -0.2) is 4.79 Å². The summed E-state index contributed by atoms with van der Waals surface area (Å²) in [6, 6.07) is 8.09. The second-order valence-corrected chi connectivity index (χ2v) is 5.09. The van der Waals surface area contributed by atoms with Crippen molar-refractivity contribution in [3.63, 3.8) is 0 Å². The van der Waals surface area contributed by atoms with Gasteiger partial charge in [-0.2, -0.15) is 0 Å². The first-order chi connectivity index (χ1) is 11.5. The topological polar surface area (TPSA) is 89.5 Å². The first-order valence-electron chi connectivity index (χ1n) is 6.95. The highest BCUT2D eigenvalue weighted by Gasteiger charge is 2.10. The van der Waals surface area contributed by atoms with Gasteiger partial charge in [0, 0.05) is 17.4 Å². The molecular weight excluding hydrogens is 334 g/mol. The Labute approximate surface area is 143 Å². The lowest BCUT2D eigenvalue weighted by molar-refractivity contribution is 0.102. The van der Waals surface area contributed by atoms with Crippen molar-refractivity contribution in [2.45, 2.75) is 6.54 Å². The molecule has 0 aliphatic rings. The third-order valence-electron chi connectivity index (χ3n) is 3.09. The number of pyridine rings is 1. The van der Waals surface area contributed by atoms with Gasteiger partial charge in [0.1, 0.15) is 5.75 Å². The Morgan fingerprint density at radius 3 is 2.67 bits per heavy atom. The number of alkyl carbamates (subject to hydrolysis) is 1. The smallest absolute Gasteiger partial charge is 0.407 e. The summed E-state index contributed by atoms with van der Waals surface area (Å²) in [5.74, 6) is 0.202. The number of ether oxygens (including phenoxy) is 2. The number of carbonyl (C=O) groups is 2. The fourth-order valence-corrected chi connectivity index (χ4v) is 2.16. The van der Waals surface area contributed by atoms with Crippen molar-refractivity contribution in [3.05, 3.63) is 52.8 Å². The minimum absolute atomic E-state index is 0.155. The number of amides is 2. The van der Waals surface area contributed by atoms with E-state index in [-0.39, 0.29) is 12.5 Å². The Kier molecular flexibility index (Phi) is 5.97. The number of rotatable bonds is 5. The van der Waals surface area contributed by atoms with E-state index in [0.717, 1.165) is 0 Å². The van der Waals surface area contributed by atoms with Crippen LogP contribution in [0.15, 0.2) is 36.5 Å². The highest BCUT2D eigenvalue weighted by Crippen LogP contribution is 2.27.